The number of hydrogen-bond donors (Lipinski definition) is 0. The van der Waals surface area contributed by atoms with E-state index in [1.807, 2.05) is 6.07 Å². The van der Waals surface area contributed by atoms with Crippen molar-refractivity contribution in [1.29, 1.82) is 5.26 Å². The van der Waals surface area contributed by atoms with Gasteiger partial charge in [0.1, 0.15) is 11.6 Å². The summed E-state index contributed by atoms with van der Waals surface area (Å²) in [5, 5.41) is 12.8. The summed E-state index contributed by atoms with van der Waals surface area (Å²) < 4.78 is 32.0. The number of rotatable bonds is 4. The Balaban J connectivity index is 1.48. The van der Waals surface area contributed by atoms with E-state index in [1.165, 1.54) is 17.0 Å². The van der Waals surface area contributed by atoms with Gasteiger partial charge < -0.3 is 9.42 Å². The molecule has 0 spiro atoms. The highest BCUT2D eigenvalue weighted by Crippen LogP contribution is 2.29. The van der Waals surface area contributed by atoms with Crippen LogP contribution in [0.15, 0.2) is 47.0 Å². The van der Waals surface area contributed by atoms with E-state index in [1.54, 1.807) is 24.3 Å². The summed E-state index contributed by atoms with van der Waals surface area (Å²) in [5.74, 6) is -1.05. The zero-order valence-corrected chi connectivity index (χ0v) is 14.6. The third-order valence-electron chi connectivity index (χ3n) is 4.58. The maximum absolute atomic E-state index is 13.4. The molecule has 6 nitrogen and oxygen atoms in total. The fraction of sp³-hybridized carbons (Fsp3) is 0.200. The zero-order valence-electron chi connectivity index (χ0n) is 14.6. The lowest BCUT2D eigenvalue weighted by Crippen LogP contribution is -2.24. The van der Waals surface area contributed by atoms with Crippen molar-refractivity contribution in [2.75, 3.05) is 6.54 Å². The van der Waals surface area contributed by atoms with Crippen molar-refractivity contribution in [2.24, 2.45) is 0 Å². The second-order valence-corrected chi connectivity index (χ2v) is 6.60. The highest BCUT2D eigenvalue weighted by molar-refractivity contribution is 5.79. The van der Waals surface area contributed by atoms with Gasteiger partial charge in [0.15, 0.2) is 5.82 Å². The van der Waals surface area contributed by atoms with Crippen molar-refractivity contribution in [2.45, 2.75) is 18.9 Å². The van der Waals surface area contributed by atoms with Crippen LogP contribution < -0.4 is 0 Å². The molecule has 8 heteroatoms. The summed E-state index contributed by atoms with van der Waals surface area (Å²) in [5.41, 5.74) is 1.58. The molecule has 1 aromatic heterocycles. The summed E-state index contributed by atoms with van der Waals surface area (Å²) in [4.78, 5) is 18.2. The molecule has 140 valence electrons. The Morgan fingerprint density at radius 1 is 1.18 bits per heavy atom. The molecular formula is C20H14F2N4O2. The predicted octanol–water partition coefficient (Wildman–Crippen LogP) is 3.40. The number of likely N-dealkylation sites (tertiary alicyclic amines) is 1. The second kappa shape index (κ2) is 7.19. The van der Waals surface area contributed by atoms with E-state index in [2.05, 4.69) is 10.1 Å². The highest BCUT2D eigenvalue weighted by atomic mass is 19.1. The van der Waals surface area contributed by atoms with Gasteiger partial charge in [-0.2, -0.15) is 10.2 Å². The van der Waals surface area contributed by atoms with Gasteiger partial charge in [-0.05, 0) is 42.0 Å². The quantitative estimate of drug-likeness (QED) is 0.693. The van der Waals surface area contributed by atoms with Gasteiger partial charge in [-0.3, -0.25) is 4.79 Å². The van der Waals surface area contributed by atoms with Crippen LogP contribution in [0.4, 0.5) is 8.78 Å². The van der Waals surface area contributed by atoms with Crippen molar-refractivity contribution in [1.82, 2.24) is 15.0 Å². The van der Waals surface area contributed by atoms with Gasteiger partial charge in [-0.25, -0.2) is 8.78 Å². The molecule has 1 aliphatic rings. The lowest BCUT2D eigenvalue weighted by atomic mass is 10.1. The smallest absolute Gasteiger partial charge is 0.257 e. The normalized spacial score (nSPS) is 16.4. The molecule has 2 aromatic carbocycles. The number of benzene rings is 2. The van der Waals surface area contributed by atoms with Crippen LogP contribution >= 0.6 is 0 Å². The van der Waals surface area contributed by atoms with Crippen LogP contribution in [-0.4, -0.2) is 27.5 Å². The molecule has 0 saturated carbocycles. The summed E-state index contributed by atoms with van der Waals surface area (Å²) in [6.45, 7) is 0.452. The van der Waals surface area contributed by atoms with Crippen LogP contribution in [0.2, 0.25) is 0 Å². The molecule has 1 aliphatic heterocycles. The summed E-state index contributed by atoms with van der Waals surface area (Å²) in [6, 6.07) is 12.0. The first-order valence-electron chi connectivity index (χ1n) is 8.58. The minimum Gasteiger partial charge on any atom is -0.338 e. The number of nitriles is 1. The Labute approximate surface area is 159 Å². The van der Waals surface area contributed by atoms with Gasteiger partial charge in [-0.1, -0.05) is 5.16 Å². The standard InChI is InChI=1S/C20H14F2N4O2/c21-16-5-13(6-17(22)8-16)10-26-11-15(7-18(26)27)19-24-20(28-25-19)14-3-1-12(9-23)2-4-14/h1-6,8,15H,7,10-11H2. The SMILES string of the molecule is N#Cc1ccc(-c2nc(C3CC(=O)N(Cc4cc(F)cc(F)c4)C3)no2)cc1. The number of aromatic nitrogens is 2. The number of halogens is 2. The topological polar surface area (TPSA) is 83.0 Å². The predicted molar refractivity (Wildman–Crippen MR) is 93.6 cm³/mol. The van der Waals surface area contributed by atoms with Crippen molar-refractivity contribution < 1.29 is 18.1 Å². The van der Waals surface area contributed by atoms with Crippen molar-refractivity contribution in [3.8, 4) is 17.5 Å². The van der Waals surface area contributed by atoms with E-state index < -0.39 is 11.6 Å². The zero-order chi connectivity index (χ0) is 19.7. The summed E-state index contributed by atoms with van der Waals surface area (Å²) in [6.07, 6.45) is 0.199. The molecule has 1 unspecified atom stereocenters. The van der Waals surface area contributed by atoms with Crippen LogP contribution in [0.3, 0.4) is 0 Å². The van der Waals surface area contributed by atoms with Crippen LogP contribution in [-0.2, 0) is 11.3 Å². The molecule has 1 saturated heterocycles. The Bertz CT molecular complexity index is 1050. The maximum Gasteiger partial charge on any atom is 0.257 e. The number of hydrogen-bond acceptors (Lipinski definition) is 5. The monoisotopic (exact) mass is 380 g/mol. The molecular weight excluding hydrogens is 366 g/mol. The first-order valence-corrected chi connectivity index (χ1v) is 8.58. The summed E-state index contributed by atoms with van der Waals surface area (Å²) in [7, 11) is 0. The molecule has 0 bridgehead atoms. The lowest BCUT2D eigenvalue weighted by molar-refractivity contribution is -0.128. The number of carbonyl (C=O) groups is 1. The minimum atomic E-state index is -0.677. The van der Waals surface area contributed by atoms with Crippen LogP contribution in [0.1, 0.15) is 29.3 Å². The van der Waals surface area contributed by atoms with Gasteiger partial charge in [0, 0.05) is 37.1 Å². The van der Waals surface area contributed by atoms with Crippen molar-refractivity contribution in [3.63, 3.8) is 0 Å². The Morgan fingerprint density at radius 2 is 1.89 bits per heavy atom. The van der Waals surface area contributed by atoms with Crippen LogP contribution in [0.25, 0.3) is 11.5 Å². The molecule has 4 rings (SSSR count). The third-order valence-corrected chi connectivity index (χ3v) is 4.58. The van der Waals surface area contributed by atoms with E-state index in [-0.39, 0.29) is 24.8 Å². The Kier molecular flexibility index (Phi) is 4.57. The number of amides is 1. The number of nitrogens with zero attached hydrogens (tertiary/aromatic N) is 4. The van der Waals surface area contributed by atoms with Gasteiger partial charge in [0.05, 0.1) is 11.6 Å². The van der Waals surface area contributed by atoms with Gasteiger partial charge >= 0.3 is 0 Å². The summed E-state index contributed by atoms with van der Waals surface area (Å²) >= 11 is 0. The fourth-order valence-electron chi connectivity index (χ4n) is 3.23. The van der Waals surface area contributed by atoms with Crippen molar-refractivity contribution >= 4 is 5.91 Å². The van der Waals surface area contributed by atoms with E-state index in [4.69, 9.17) is 9.78 Å². The molecule has 1 amide bonds. The van der Waals surface area contributed by atoms with Gasteiger partial charge in [-0.15, -0.1) is 0 Å². The van der Waals surface area contributed by atoms with E-state index in [0.717, 1.165) is 6.07 Å². The second-order valence-electron chi connectivity index (χ2n) is 6.60. The van der Waals surface area contributed by atoms with Gasteiger partial charge in [0.25, 0.3) is 5.89 Å². The average molecular weight is 380 g/mol. The first-order chi connectivity index (χ1) is 13.5. The van der Waals surface area contributed by atoms with Crippen LogP contribution in [0, 0.1) is 23.0 Å². The minimum absolute atomic E-state index is 0.115. The van der Waals surface area contributed by atoms with Crippen LogP contribution in [0.5, 0.6) is 0 Å². The molecule has 0 N–H and O–H groups in total. The molecule has 1 atom stereocenters. The van der Waals surface area contributed by atoms with E-state index in [0.29, 0.717) is 35.0 Å². The molecule has 3 aromatic rings. The third kappa shape index (κ3) is 3.60. The molecule has 0 radical (unpaired) electrons. The molecule has 0 aliphatic carbocycles. The largest absolute Gasteiger partial charge is 0.338 e. The average Bonchev–Trinajstić information content (AvgIpc) is 3.28. The van der Waals surface area contributed by atoms with E-state index >= 15 is 0 Å². The Hall–Kier alpha value is -3.60. The maximum atomic E-state index is 13.4. The molecule has 2 heterocycles. The first kappa shape index (κ1) is 17.8. The van der Waals surface area contributed by atoms with E-state index in [9.17, 15) is 13.6 Å². The van der Waals surface area contributed by atoms with Crippen molar-refractivity contribution in [3.05, 3.63) is 71.1 Å². The Morgan fingerprint density at radius 3 is 2.57 bits per heavy atom. The van der Waals surface area contributed by atoms with Gasteiger partial charge in [0.2, 0.25) is 5.91 Å². The number of carbonyl (C=O) groups excluding carboxylic acids is 1. The highest BCUT2D eigenvalue weighted by Gasteiger charge is 2.33. The lowest BCUT2D eigenvalue weighted by Gasteiger charge is -2.16. The molecule has 1 fully saturated rings. The fourth-order valence-corrected chi connectivity index (χ4v) is 3.23. The molecule has 28 heavy (non-hydrogen) atoms.